The minimum absolute atomic E-state index is 0.0194. The van der Waals surface area contributed by atoms with Gasteiger partial charge in [-0.15, -0.1) is 0 Å². The van der Waals surface area contributed by atoms with Gasteiger partial charge in [0.25, 0.3) is 11.5 Å². The van der Waals surface area contributed by atoms with Crippen LogP contribution in [0.4, 0.5) is 14.5 Å². The van der Waals surface area contributed by atoms with E-state index in [9.17, 15) is 23.6 Å². The average molecular weight is 507 g/mol. The molecule has 2 aromatic carbocycles. The molecule has 2 N–H and O–H groups in total. The summed E-state index contributed by atoms with van der Waals surface area (Å²) in [5.74, 6) is -2.17. The molecule has 0 spiro atoms. The maximum absolute atomic E-state index is 14.1. The molecule has 1 aliphatic heterocycles. The summed E-state index contributed by atoms with van der Waals surface area (Å²) in [4.78, 5) is 27.3. The summed E-state index contributed by atoms with van der Waals surface area (Å²) < 4.78 is 34.6. The minimum Gasteiger partial charge on any atom is -0.487 e. The molecular formula is C28H28F2N4O3. The number of hydrogen-bond donors (Lipinski definition) is 1. The second-order valence-corrected chi connectivity index (χ2v) is 9.10. The van der Waals surface area contributed by atoms with Crippen LogP contribution in [0.5, 0.6) is 5.75 Å². The van der Waals surface area contributed by atoms with E-state index in [0.717, 1.165) is 23.4 Å². The van der Waals surface area contributed by atoms with Crippen molar-refractivity contribution in [3.05, 3.63) is 80.8 Å². The van der Waals surface area contributed by atoms with Gasteiger partial charge < -0.3 is 19.9 Å². The van der Waals surface area contributed by atoms with Crippen LogP contribution < -0.4 is 20.9 Å². The van der Waals surface area contributed by atoms with Gasteiger partial charge in [-0.1, -0.05) is 0 Å². The molecule has 4 rings (SSSR count). The third-order valence-corrected chi connectivity index (χ3v) is 6.90. The Bertz CT molecular complexity index is 1470. The largest absolute Gasteiger partial charge is 0.487 e. The second-order valence-electron chi connectivity index (χ2n) is 9.10. The quantitative estimate of drug-likeness (QED) is 0.532. The number of ether oxygens (including phenoxy) is 1. The van der Waals surface area contributed by atoms with Gasteiger partial charge in [0.15, 0.2) is 11.6 Å². The fourth-order valence-corrected chi connectivity index (χ4v) is 5.09. The molecule has 37 heavy (non-hydrogen) atoms. The Labute approximate surface area is 213 Å². The van der Waals surface area contributed by atoms with E-state index in [1.54, 1.807) is 19.1 Å². The van der Waals surface area contributed by atoms with Crippen molar-refractivity contribution in [2.75, 3.05) is 18.0 Å². The number of nitrogens with two attached hydrogens (primary N) is 1. The monoisotopic (exact) mass is 506 g/mol. The fraction of sp³-hybridized carbons (Fsp3) is 0.321. The molecule has 0 unspecified atom stereocenters. The number of hydrogen-bond acceptors (Lipinski definition) is 5. The number of amides is 1. The predicted molar refractivity (Wildman–Crippen MR) is 137 cm³/mol. The number of aromatic nitrogens is 1. The van der Waals surface area contributed by atoms with E-state index in [2.05, 4.69) is 11.0 Å². The molecule has 0 radical (unpaired) electrons. The topological polar surface area (TPSA) is 101 Å². The van der Waals surface area contributed by atoms with Crippen molar-refractivity contribution in [3.8, 4) is 22.9 Å². The van der Waals surface area contributed by atoms with Gasteiger partial charge in [-0.05, 0) is 56.7 Å². The standard InChI is InChI=1S/C28H28F2N4O3/c1-4-34-17(3)25(16(2)26(27(32)35)28(34)36)21-13-18(15-31)5-7-23(21)33-11-9-20(10-12-33)37-24-8-6-19(29)14-22(24)30/h5-8,13-14,20H,4,9-12H2,1-3H3,(H2,32,35). The van der Waals surface area contributed by atoms with E-state index in [1.165, 1.54) is 10.6 Å². The molecule has 2 heterocycles. The number of nitriles is 1. The van der Waals surface area contributed by atoms with Crippen molar-refractivity contribution < 1.29 is 18.3 Å². The highest BCUT2D eigenvalue weighted by molar-refractivity contribution is 5.97. The van der Waals surface area contributed by atoms with Gasteiger partial charge in [-0.25, -0.2) is 8.78 Å². The van der Waals surface area contributed by atoms with Gasteiger partial charge in [0.05, 0.1) is 11.6 Å². The maximum Gasteiger partial charge on any atom is 0.263 e. The summed E-state index contributed by atoms with van der Waals surface area (Å²) in [5, 5.41) is 9.59. The van der Waals surface area contributed by atoms with Crippen LogP contribution >= 0.6 is 0 Å². The molecule has 9 heteroatoms. The Morgan fingerprint density at radius 2 is 1.86 bits per heavy atom. The van der Waals surface area contributed by atoms with Crippen LogP contribution in [0.25, 0.3) is 11.1 Å². The normalized spacial score (nSPS) is 13.9. The van der Waals surface area contributed by atoms with Crippen molar-refractivity contribution in [2.45, 2.75) is 46.3 Å². The zero-order valence-corrected chi connectivity index (χ0v) is 21.0. The van der Waals surface area contributed by atoms with Gasteiger partial charge in [-0.3, -0.25) is 9.59 Å². The van der Waals surface area contributed by atoms with Gasteiger partial charge in [0, 0.05) is 61.1 Å². The van der Waals surface area contributed by atoms with E-state index < -0.39 is 23.1 Å². The first-order valence-electron chi connectivity index (χ1n) is 12.1. The lowest BCUT2D eigenvalue weighted by atomic mass is 9.92. The number of piperidine rings is 1. The zero-order valence-electron chi connectivity index (χ0n) is 21.0. The highest BCUT2D eigenvalue weighted by Gasteiger charge is 2.27. The van der Waals surface area contributed by atoms with Crippen molar-refractivity contribution in [1.82, 2.24) is 4.57 Å². The number of halogens is 2. The van der Waals surface area contributed by atoms with E-state index in [-0.39, 0.29) is 17.4 Å². The predicted octanol–water partition coefficient (Wildman–Crippen LogP) is 4.45. The lowest BCUT2D eigenvalue weighted by Crippen LogP contribution is -2.38. The number of primary amides is 1. The fourth-order valence-electron chi connectivity index (χ4n) is 5.09. The van der Waals surface area contributed by atoms with E-state index in [1.807, 2.05) is 19.9 Å². The first kappa shape index (κ1) is 25.9. The molecule has 3 aromatic rings. The second kappa shape index (κ2) is 10.4. The summed E-state index contributed by atoms with van der Waals surface area (Å²) >= 11 is 0. The Morgan fingerprint density at radius 1 is 1.16 bits per heavy atom. The lowest BCUT2D eigenvalue weighted by Gasteiger charge is -2.35. The Hall–Kier alpha value is -4.19. The van der Waals surface area contributed by atoms with Crippen LogP contribution in [0.15, 0.2) is 41.2 Å². The molecule has 1 fully saturated rings. The molecule has 0 atom stereocenters. The van der Waals surface area contributed by atoms with Gasteiger partial charge in [0.2, 0.25) is 0 Å². The van der Waals surface area contributed by atoms with Crippen molar-refractivity contribution >= 4 is 11.6 Å². The third-order valence-electron chi connectivity index (χ3n) is 6.90. The number of nitrogens with zero attached hydrogens (tertiary/aromatic N) is 3. The van der Waals surface area contributed by atoms with E-state index >= 15 is 0 Å². The first-order chi connectivity index (χ1) is 17.7. The van der Waals surface area contributed by atoms with Gasteiger partial charge >= 0.3 is 0 Å². The molecule has 7 nitrogen and oxygen atoms in total. The van der Waals surface area contributed by atoms with Crippen molar-refractivity contribution in [1.29, 1.82) is 5.26 Å². The number of benzene rings is 2. The lowest BCUT2D eigenvalue weighted by molar-refractivity contribution is 0.0997. The van der Waals surface area contributed by atoms with Crippen molar-refractivity contribution in [3.63, 3.8) is 0 Å². The number of carbonyl (C=O) groups excluding carboxylic acids is 1. The molecule has 0 saturated carbocycles. The number of rotatable bonds is 6. The molecule has 1 saturated heterocycles. The first-order valence-corrected chi connectivity index (χ1v) is 12.1. The number of anilines is 1. The van der Waals surface area contributed by atoms with Gasteiger partial charge in [0.1, 0.15) is 17.5 Å². The van der Waals surface area contributed by atoms with Crippen molar-refractivity contribution in [2.24, 2.45) is 5.73 Å². The summed E-state index contributed by atoms with van der Waals surface area (Å²) in [6.07, 6.45) is 0.940. The van der Waals surface area contributed by atoms with E-state index in [0.29, 0.717) is 54.9 Å². The van der Waals surface area contributed by atoms with E-state index in [4.69, 9.17) is 10.5 Å². The highest BCUT2D eigenvalue weighted by atomic mass is 19.1. The van der Waals surface area contributed by atoms with Crippen LogP contribution in [-0.4, -0.2) is 29.7 Å². The summed E-state index contributed by atoms with van der Waals surface area (Å²) in [6, 6.07) is 10.8. The summed E-state index contributed by atoms with van der Waals surface area (Å²) in [6.45, 7) is 6.86. The molecule has 0 aliphatic carbocycles. The Morgan fingerprint density at radius 3 is 2.46 bits per heavy atom. The number of pyridine rings is 1. The van der Waals surface area contributed by atoms with Crippen LogP contribution in [0.2, 0.25) is 0 Å². The molecule has 1 aliphatic rings. The van der Waals surface area contributed by atoms with Crippen LogP contribution in [0.3, 0.4) is 0 Å². The smallest absolute Gasteiger partial charge is 0.263 e. The highest BCUT2D eigenvalue weighted by Crippen LogP contribution is 2.38. The Balaban J connectivity index is 1.72. The maximum atomic E-state index is 14.1. The van der Waals surface area contributed by atoms with Crippen LogP contribution in [-0.2, 0) is 6.54 Å². The summed E-state index contributed by atoms with van der Waals surface area (Å²) in [5.41, 5.74) is 8.94. The molecule has 0 bridgehead atoms. The summed E-state index contributed by atoms with van der Waals surface area (Å²) in [7, 11) is 0. The third kappa shape index (κ3) is 4.92. The average Bonchev–Trinajstić information content (AvgIpc) is 2.86. The molecule has 1 amide bonds. The van der Waals surface area contributed by atoms with Crippen LogP contribution in [0.1, 0.15) is 46.9 Å². The SMILES string of the molecule is CCn1c(C)c(-c2cc(C#N)ccc2N2CCC(Oc3ccc(F)cc3F)CC2)c(C)c(C(N)=O)c1=O. The molecule has 1 aromatic heterocycles. The minimum atomic E-state index is -0.796. The Kier molecular flexibility index (Phi) is 7.30. The zero-order chi connectivity index (χ0) is 26.9. The number of carbonyl (C=O) groups is 1. The van der Waals surface area contributed by atoms with Crippen LogP contribution in [0, 0.1) is 36.8 Å². The van der Waals surface area contributed by atoms with Gasteiger partial charge in [-0.2, -0.15) is 5.26 Å². The molecule has 192 valence electrons. The molecular weight excluding hydrogens is 478 g/mol.